The zero-order valence-electron chi connectivity index (χ0n) is 12.7. The van der Waals surface area contributed by atoms with Gasteiger partial charge in [-0.05, 0) is 29.7 Å². The zero-order chi connectivity index (χ0) is 16.7. The van der Waals surface area contributed by atoms with E-state index in [0.29, 0.717) is 17.9 Å². The molecule has 6 heteroatoms. The standard InChI is InChI=1S/C18H13N3O3/c22-18-15-11-14(21(23)24)6-7-16(15)19-17-13(8-9-20(17)18)10-12-4-2-1-3-5-12/h1-7,10-11H,8-9H2/b13-10+. The summed E-state index contributed by atoms with van der Waals surface area (Å²) in [6.45, 7) is 0.540. The van der Waals surface area contributed by atoms with Crippen molar-refractivity contribution in [2.75, 3.05) is 0 Å². The SMILES string of the molecule is O=c1c2cc([N+](=O)[O-])ccc2nc2n1CC/C2=C\c1ccccc1. The van der Waals surface area contributed by atoms with E-state index in [0.717, 1.165) is 17.6 Å². The van der Waals surface area contributed by atoms with Crippen LogP contribution in [0.25, 0.3) is 22.6 Å². The van der Waals surface area contributed by atoms with Crippen LogP contribution >= 0.6 is 0 Å². The van der Waals surface area contributed by atoms with E-state index in [4.69, 9.17) is 0 Å². The summed E-state index contributed by atoms with van der Waals surface area (Å²) in [7, 11) is 0. The maximum Gasteiger partial charge on any atom is 0.270 e. The molecule has 0 N–H and O–H groups in total. The maximum atomic E-state index is 12.7. The van der Waals surface area contributed by atoms with Gasteiger partial charge in [-0.25, -0.2) is 4.98 Å². The Kier molecular flexibility index (Phi) is 3.23. The van der Waals surface area contributed by atoms with Crippen LogP contribution in [0, 0.1) is 10.1 Å². The van der Waals surface area contributed by atoms with Gasteiger partial charge in [0.05, 0.1) is 15.8 Å². The highest BCUT2D eigenvalue weighted by Crippen LogP contribution is 2.28. The van der Waals surface area contributed by atoms with Gasteiger partial charge in [-0.3, -0.25) is 19.5 Å². The van der Waals surface area contributed by atoms with Crippen molar-refractivity contribution in [1.29, 1.82) is 0 Å². The fourth-order valence-corrected chi connectivity index (χ4v) is 3.01. The molecule has 2 heterocycles. The molecule has 2 aromatic carbocycles. The molecule has 0 amide bonds. The van der Waals surface area contributed by atoms with Gasteiger partial charge in [0.2, 0.25) is 0 Å². The first kappa shape index (κ1) is 14.3. The van der Waals surface area contributed by atoms with Gasteiger partial charge in [0.25, 0.3) is 11.2 Å². The smallest absolute Gasteiger partial charge is 0.270 e. The van der Waals surface area contributed by atoms with Crippen LogP contribution in [0.15, 0.2) is 53.3 Å². The predicted molar refractivity (Wildman–Crippen MR) is 91.6 cm³/mol. The lowest BCUT2D eigenvalue weighted by molar-refractivity contribution is -0.384. The molecular weight excluding hydrogens is 306 g/mol. The number of nitrogens with zero attached hydrogens (tertiary/aromatic N) is 3. The van der Waals surface area contributed by atoms with Crippen molar-refractivity contribution in [2.45, 2.75) is 13.0 Å². The molecule has 1 aromatic heterocycles. The summed E-state index contributed by atoms with van der Waals surface area (Å²) in [6.07, 6.45) is 2.75. The number of nitro benzene ring substituents is 1. The number of hydrogen-bond acceptors (Lipinski definition) is 4. The van der Waals surface area contributed by atoms with E-state index < -0.39 is 4.92 Å². The van der Waals surface area contributed by atoms with E-state index in [1.807, 2.05) is 36.4 Å². The van der Waals surface area contributed by atoms with Crippen molar-refractivity contribution in [1.82, 2.24) is 9.55 Å². The Labute approximate surface area is 136 Å². The number of benzene rings is 2. The Bertz CT molecular complexity index is 1050. The van der Waals surface area contributed by atoms with Crippen LogP contribution in [0.1, 0.15) is 17.8 Å². The number of aromatic nitrogens is 2. The van der Waals surface area contributed by atoms with E-state index >= 15 is 0 Å². The molecule has 0 atom stereocenters. The third-order valence-corrected chi connectivity index (χ3v) is 4.18. The first-order valence-corrected chi connectivity index (χ1v) is 7.58. The normalized spacial score (nSPS) is 14.9. The highest BCUT2D eigenvalue weighted by atomic mass is 16.6. The van der Waals surface area contributed by atoms with Gasteiger partial charge in [0.15, 0.2) is 0 Å². The summed E-state index contributed by atoms with van der Waals surface area (Å²) >= 11 is 0. The largest absolute Gasteiger partial charge is 0.292 e. The third-order valence-electron chi connectivity index (χ3n) is 4.18. The van der Waals surface area contributed by atoms with Crippen LogP contribution in [0.5, 0.6) is 0 Å². The van der Waals surface area contributed by atoms with Crippen molar-refractivity contribution >= 4 is 28.2 Å². The van der Waals surface area contributed by atoms with Gasteiger partial charge in [0, 0.05) is 18.7 Å². The fourth-order valence-electron chi connectivity index (χ4n) is 3.01. The Morgan fingerprint density at radius 2 is 1.96 bits per heavy atom. The molecule has 118 valence electrons. The molecule has 0 saturated heterocycles. The lowest BCUT2D eigenvalue weighted by atomic mass is 10.1. The summed E-state index contributed by atoms with van der Waals surface area (Å²) in [6, 6.07) is 14.1. The molecule has 0 unspecified atom stereocenters. The maximum absolute atomic E-state index is 12.7. The molecule has 1 aliphatic rings. The monoisotopic (exact) mass is 319 g/mol. The number of allylic oxidation sites excluding steroid dienone is 1. The van der Waals surface area contributed by atoms with Crippen molar-refractivity contribution in [2.24, 2.45) is 0 Å². The Morgan fingerprint density at radius 3 is 2.71 bits per heavy atom. The summed E-state index contributed by atoms with van der Waals surface area (Å²) < 4.78 is 1.60. The van der Waals surface area contributed by atoms with Gasteiger partial charge in [-0.15, -0.1) is 0 Å². The minimum atomic E-state index is -0.502. The van der Waals surface area contributed by atoms with Crippen molar-refractivity contribution in [3.05, 3.63) is 80.4 Å². The number of non-ortho nitro benzene ring substituents is 1. The molecule has 0 bridgehead atoms. The Morgan fingerprint density at radius 1 is 1.17 bits per heavy atom. The number of nitro groups is 1. The molecule has 24 heavy (non-hydrogen) atoms. The zero-order valence-corrected chi connectivity index (χ0v) is 12.7. The van der Waals surface area contributed by atoms with Gasteiger partial charge in [-0.1, -0.05) is 30.3 Å². The quantitative estimate of drug-likeness (QED) is 0.536. The molecule has 4 rings (SSSR count). The second-order valence-electron chi connectivity index (χ2n) is 5.68. The van der Waals surface area contributed by atoms with E-state index in [-0.39, 0.29) is 16.6 Å². The summed E-state index contributed by atoms with van der Waals surface area (Å²) in [5.41, 5.74) is 2.21. The van der Waals surface area contributed by atoms with Crippen LogP contribution in [0.2, 0.25) is 0 Å². The second kappa shape index (κ2) is 5.42. The highest BCUT2D eigenvalue weighted by Gasteiger charge is 2.21. The van der Waals surface area contributed by atoms with E-state index in [1.54, 1.807) is 4.57 Å². The number of fused-ring (bicyclic) bond motifs is 2. The average molecular weight is 319 g/mol. The van der Waals surface area contributed by atoms with Crippen LogP contribution in [0.3, 0.4) is 0 Å². The minimum Gasteiger partial charge on any atom is -0.292 e. The molecule has 0 fully saturated rings. The summed E-state index contributed by atoms with van der Waals surface area (Å²) in [4.78, 5) is 27.6. The fraction of sp³-hybridized carbons (Fsp3) is 0.111. The number of hydrogen-bond donors (Lipinski definition) is 0. The lowest BCUT2D eigenvalue weighted by Gasteiger charge is -2.05. The molecule has 3 aromatic rings. The topological polar surface area (TPSA) is 78.0 Å². The first-order valence-electron chi connectivity index (χ1n) is 7.58. The van der Waals surface area contributed by atoms with Crippen LogP contribution in [-0.4, -0.2) is 14.5 Å². The molecule has 1 aliphatic heterocycles. The van der Waals surface area contributed by atoms with Gasteiger partial charge in [0.1, 0.15) is 5.82 Å². The minimum absolute atomic E-state index is 0.0972. The molecular formula is C18H13N3O3. The van der Waals surface area contributed by atoms with Crippen molar-refractivity contribution < 1.29 is 4.92 Å². The van der Waals surface area contributed by atoms with Crippen LogP contribution in [-0.2, 0) is 6.54 Å². The van der Waals surface area contributed by atoms with E-state index in [9.17, 15) is 14.9 Å². The molecule has 6 nitrogen and oxygen atoms in total. The second-order valence-corrected chi connectivity index (χ2v) is 5.68. The van der Waals surface area contributed by atoms with Crippen LogP contribution in [0.4, 0.5) is 5.69 Å². The third kappa shape index (κ3) is 2.28. The molecule has 0 radical (unpaired) electrons. The highest BCUT2D eigenvalue weighted by molar-refractivity contribution is 5.85. The first-order chi connectivity index (χ1) is 11.6. The number of rotatable bonds is 2. The van der Waals surface area contributed by atoms with Gasteiger partial charge < -0.3 is 0 Å². The predicted octanol–water partition coefficient (Wildman–Crippen LogP) is 3.25. The van der Waals surface area contributed by atoms with E-state index in [2.05, 4.69) is 4.98 Å². The van der Waals surface area contributed by atoms with Crippen LogP contribution < -0.4 is 5.56 Å². The lowest BCUT2D eigenvalue weighted by Crippen LogP contribution is -2.20. The van der Waals surface area contributed by atoms with Crippen molar-refractivity contribution in [3.63, 3.8) is 0 Å². The summed E-state index contributed by atoms with van der Waals surface area (Å²) in [5.74, 6) is 0.644. The Hall–Kier alpha value is -3.28. The van der Waals surface area contributed by atoms with Gasteiger partial charge >= 0.3 is 0 Å². The summed E-state index contributed by atoms with van der Waals surface area (Å²) in [5, 5.41) is 11.2. The molecule has 0 spiro atoms. The molecule has 0 aliphatic carbocycles. The van der Waals surface area contributed by atoms with E-state index in [1.165, 1.54) is 18.2 Å². The average Bonchev–Trinajstić information content (AvgIpc) is 2.99. The molecule has 0 saturated carbocycles. The Balaban J connectivity index is 1.90. The van der Waals surface area contributed by atoms with Gasteiger partial charge in [-0.2, -0.15) is 0 Å². The van der Waals surface area contributed by atoms with Crippen molar-refractivity contribution in [3.8, 4) is 0 Å².